The van der Waals surface area contributed by atoms with Crippen LogP contribution in [0.1, 0.15) is 6.42 Å². The number of sulfone groups is 1. The van der Waals surface area contributed by atoms with E-state index in [1.165, 1.54) is 19.4 Å². The number of fused-ring (bicyclic) bond motifs is 1. The lowest BCUT2D eigenvalue weighted by atomic mass is 10.2. The number of carbonyl (C=O) groups excluding carboxylic acids is 1. The third-order valence-electron chi connectivity index (χ3n) is 2.75. The number of rotatable bonds is 4. The molecule has 6 heteroatoms. The van der Waals surface area contributed by atoms with Crippen LogP contribution in [0.25, 0.3) is 10.9 Å². The molecule has 1 aromatic heterocycles. The number of hydrogen-bond donors (Lipinski definition) is 0. The standard InChI is InChI=1S/C13H13NO4S/c1-18-13(15)7-9-19(16,17)12-6-8-14-11-5-3-2-4-10(11)12/h2-6,8H,7,9H2,1H3. The maximum Gasteiger partial charge on any atom is 0.306 e. The largest absolute Gasteiger partial charge is 0.469 e. The monoisotopic (exact) mass is 279 g/mol. The molecule has 100 valence electrons. The number of benzene rings is 1. The van der Waals surface area contributed by atoms with E-state index < -0.39 is 15.8 Å². The number of carbonyl (C=O) groups is 1. The van der Waals surface area contributed by atoms with Crippen LogP contribution in [0, 0.1) is 0 Å². The highest BCUT2D eigenvalue weighted by atomic mass is 32.2. The lowest BCUT2D eigenvalue weighted by Gasteiger charge is -2.07. The molecular formula is C13H13NO4S. The Balaban J connectivity index is 2.41. The van der Waals surface area contributed by atoms with Crippen molar-refractivity contribution >= 4 is 26.7 Å². The summed E-state index contributed by atoms with van der Waals surface area (Å²) in [6.45, 7) is 0. The number of nitrogens with zero attached hydrogens (tertiary/aromatic N) is 1. The van der Waals surface area contributed by atoms with Crippen molar-refractivity contribution in [1.82, 2.24) is 4.98 Å². The Morgan fingerprint density at radius 3 is 2.74 bits per heavy atom. The number of ether oxygens (including phenoxy) is 1. The summed E-state index contributed by atoms with van der Waals surface area (Å²) in [5.41, 5.74) is 0.613. The van der Waals surface area contributed by atoms with E-state index in [0.717, 1.165) is 0 Å². The number of esters is 1. The molecular weight excluding hydrogens is 266 g/mol. The molecule has 0 aliphatic heterocycles. The van der Waals surface area contributed by atoms with Crippen molar-refractivity contribution in [3.05, 3.63) is 36.5 Å². The van der Waals surface area contributed by atoms with Gasteiger partial charge in [-0.25, -0.2) is 8.42 Å². The summed E-state index contributed by atoms with van der Waals surface area (Å²) in [5.74, 6) is -0.810. The molecule has 0 saturated carbocycles. The second kappa shape index (κ2) is 5.36. The molecule has 1 heterocycles. The zero-order valence-electron chi connectivity index (χ0n) is 10.4. The van der Waals surface area contributed by atoms with Crippen molar-refractivity contribution in [2.75, 3.05) is 12.9 Å². The third-order valence-corrected chi connectivity index (χ3v) is 4.51. The van der Waals surface area contributed by atoms with Gasteiger partial charge in [0.2, 0.25) is 0 Å². The fourth-order valence-electron chi connectivity index (χ4n) is 1.77. The van der Waals surface area contributed by atoms with Crippen molar-refractivity contribution < 1.29 is 17.9 Å². The fourth-order valence-corrected chi connectivity index (χ4v) is 3.20. The molecule has 19 heavy (non-hydrogen) atoms. The normalized spacial score (nSPS) is 11.4. The molecule has 0 amide bonds. The highest BCUT2D eigenvalue weighted by Gasteiger charge is 2.19. The van der Waals surface area contributed by atoms with Crippen molar-refractivity contribution in [3.8, 4) is 0 Å². The second-order valence-corrected chi connectivity index (χ2v) is 6.05. The van der Waals surface area contributed by atoms with Crippen LogP contribution in [0.2, 0.25) is 0 Å². The Morgan fingerprint density at radius 1 is 1.26 bits per heavy atom. The molecule has 5 nitrogen and oxygen atoms in total. The molecule has 2 aromatic rings. The quantitative estimate of drug-likeness (QED) is 0.794. The van der Waals surface area contributed by atoms with Gasteiger partial charge in [0, 0.05) is 11.6 Å². The number of aromatic nitrogens is 1. The molecule has 0 atom stereocenters. The van der Waals surface area contributed by atoms with Crippen molar-refractivity contribution in [3.63, 3.8) is 0 Å². The molecule has 0 fully saturated rings. The van der Waals surface area contributed by atoms with Gasteiger partial charge in [-0.3, -0.25) is 9.78 Å². The zero-order valence-corrected chi connectivity index (χ0v) is 11.2. The van der Waals surface area contributed by atoms with Crippen LogP contribution in [-0.2, 0) is 19.4 Å². The van der Waals surface area contributed by atoms with Crippen LogP contribution in [0.5, 0.6) is 0 Å². The lowest BCUT2D eigenvalue weighted by Crippen LogP contribution is -2.12. The highest BCUT2D eigenvalue weighted by molar-refractivity contribution is 7.91. The number of pyridine rings is 1. The first-order chi connectivity index (χ1) is 9.04. The van der Waals surface area contributed by atoms with Crippen LogP contribution in [0.3, 0.4) is 0 Å². The molecule has 0 bridgehead atoms. The summed E-state index contributed by atoms with van der Waals surface area (Å²) in [7, 11) is -2.30. The Hall–Kier alpha value is -1.95. The average Bonchev–Trinajstić information content (AvgIpc) is 2.44. The summed E-state index contributed by atoms with van der Waals surface area (Å²) in [6, 6.07) is 8.44. The SMILES string of the molecule is COC(=O)CCS(=O)(=O)c1ccnc2ccccc12. The highest BCUT2D eigenvalue weighted by Crippen LogP contribution is 2.22. The minimum absolute atomic E-state index is 0.157. The predicted octanol–water partition coefficient (Wildman–Crippen LogP) is 1.57. The van der Waals surface area contributed by atoms with Crippen LogP contribution in [0.15, 0.2) is 41.4 Å². The molecule has 0 N–H and O–H groups in total. The Kier molecular flexibility index (Phi) is 3.80. The summed E-state index contributed by atoms with van der Waals surface area (Å²) in [4.78, 5) is 15.4. The van der Waals surface area contributed by atoms with E-state index in [4.69, 9.17) is 0 Å². The van der Waals surface area contributed by atoms with E-state index in [1.807, 2.05) is 0 Å². The number of para-hydroxylation sites is 1. The summed E-state index contributed by atoms with van der Waals surface area (Å²) >= 11 is 0. The van der Waals surface area contributed by atoms with Crippen LogP contribution in [-0.4, -0.2) is 32.2 Å². The minimum atomic E-state index is -3.53. The first kappa shape index (κ1) is 13.5. The molecule has 0 radical (unpaired) electrons. The maximum absolute atomic E-state index is 12.2. The van der Waals surface area contributed by atoms with E-state index in [0.29, 0.717) is 10.9 Å². The first-order valence-corrected chi connectivity index (χ1v) is 7.33. The van der Waals surface area contributed by atoms with E-state index in [9.17, 15) is 13.2 Å². The third kappa shape index (κ3) is 2.90. The second-order valence-electron chi connectivity index (χ2n) is 3.97. The Labute approximate surface area is 111 Å². The van der Waals surface area contributed by atoms with Gasteiger partial charge >= 0.3 is 5.97 Å². The molecule has 2 rings (SSSR count). The van der Waals surface area contributed by atoms with Gasteiger partial charge in [0.25, 0.3) is 0 Å². The maximum atomic E-state index is 12.2. The first-order valence-electron chi connectivity index (χ1n) is 5.68. The van der Waals surface area contributed by atoms with Gasteiger partial charge in [-0.1, -0.05) is 18.2 Å². The van der Waals surface area contributed by atoms with Crippen molar-refractivity contribution in [1.29, 1.82) is 0 Å². The number of methoxy groups -OCH3 is 1. The summed E-state index contributed by atoms with van der Waals surface area (Å²) in [5, 5.41) is 0.565. The molecule has 0 unspecified atom stereocenters. The zero-order chi connectivity index (χ0) is 13.9. The van der Waals surface area contributed by atoms with Gasteiger partial charge in [-0.05, 0) is 12.1 Å². The fraction of sp³-hybridized carbons (Fsp3) is 0.231. The van der Waals surface area contributed by atoms with Crippen molar-refractivity contribution in [2.24, 2.45) is 0 Å². The molecule has 0 saturated heterocycles. The van der Waals surface area contributed by atoms with Crippen LogP contribution in [0.4, 0.5) is 0 Å². The van der Waals surface area contributed by atoms with Crippen LogP contribution >= 0.6 is 0 Å². The van der Waals surface area contributed by atoms with Crippen molar-refractivity contribution in [2.45, 2.75) is 11.3 Å². The Bertz CT molecular complexity index is 704. The van der Waals surface area contributed by atoms with Gasteiger partial charge in [-0.2, -0.15) is 0 Å². The van der Waals surface area contributed by atoms with Gasteiger partial charge in [0.05, 0.1) is 29.7 Å². The van der Waals surface area contributed by atoms with E-state index >= 15 is 0 Å². The molecule has 1 aromatic carbocycles. The smallest absolute Gasteiger partial charge is 0.306 e. The predicted molar refractivity (Wildman–Crippen MR) is 70.4 cm³/mol. The molecule has 0 aliphatic rings. The van der Waals surface area contributed by atoms with E-state index in [1.54, 1.807) is 24.3 Å². The van der Waals surface area contributed by atoms with Gasteiger partial charge < -0.3 is 4.74 Å². The molecule has 0 aliphatic carbocycles. The number of hydrogen-bond acceptors (Lipinski definition) is 5. The summed E-state index contributed by atoms with van der Waals surface area (Å²) < 4.78 is 28.9. The van der Waals surface area contributed by atoms with E-state index in [-0.39, 0.29) is 17.1 Å². The average molecular weight is 279 g/mol. The van der Waals surface area contributed by atoms with Gasteiger partial charge in [0.1, 0.15) is 0 Å². The van der Waals surface area contributed by atoms with Gasteiger partial charge in [-0.15, -0.1) is 0 Å². The topological polar surface area (TPSA) is 73.3 Å². The van der Waals surface area contributed by atoms with Gasteiger partial charge in [0.15, 0.2) is 9.84 Å². The molecule has 0 spiro atoms. The minimum Gasteiger partial charge on any atom is -0.469 e. The van der Waals surface area contributed by atoms with Crippen LogP contribution < -0.4 is 0 Å². The Morgan fingerprint density at radius 2 is 2.00 bits per heavy atom. The lowest BCUT2D eigenvalue weighted by molar-refractivity contribution is -0.140. The van der Waals surface area contributed by atoms with E-state index in [2.05, 4.69) is 9.72 Å². The summed E-state index contributed by atoms with van der Waals surface area (Å²) in [6.07, 6.45) is 1.29.